The Bertz CT molecular complexity index is 3120. The van der Waals surface area contributed by atoms with Gasteiger partial charge in [-0.15, -0.1) is 0 Å². The number of aliphatic hydroxyl groups is 3. The van der Waals surface area contributed by atoms with Crippen LogP contribution >= 0.6 is 0 Å². The highest BCUT2D eigenvalue weighted by molar-refractivity contribution is 5.90. The zero-order chi connectivity index (χ0) is 54.9. The van der Waals surface area contributed by atoms with Gasteiger partial charge in [0.1, 0.15) is 16.9 Å². The van der Waals surface area contributed by atoms with E-state index in [1.165, 1.54) is 43.1 Å². The van der Waals surface area contributed by atoms with Crippen molar-refractivity contribution in [1.82, 2.24) is 0 Å². The van der Waals surface area contributed by atoms with Crippen molar-refractivity contribution >= 4 is 22.9 Å². The van der Waals surface area contributed by atoms with E-state index in [4.69, 9.17) is 23.4 Å². The number of aryl methyl sites for hydroxylation is 1. The molecule has 418 valence electrons. The highest BCUT2D eigenvalue weighted by Gasteiger charge is 2.59. The first kappa shape index (κ1) is 55.1. The summed E-state index contributed by atoms with van der Waals surface area (Å²) >= 11 is 0. The Balaban J connectivity index is 1.05. The molecular weight excluding hydrogens is 993 g/mol. The number of fused-ring (bicyclic) bond motifs is 11. The molecule has 4 heterocycles. The van der Waals surface area contributed by atoms with Crippen LogP contribution in [0.2, 0.25) is 0 Å². The van der Waals surface area contributed by atoms with Crippen molar-refractivity contribution in [2.24, 2.45) is 17.3 Å². The molecule has 12 rings (SSSR count). The SMILES string of the molecule is COC[C@@H](CCO)c1c(CO)c2ccc3c(c2oc1=O)[C@H]1OC(=O)C[C@H]2C[C@H](c4cccc(C5(c6ccccc6)CCCCC5)c4)C=C[C@H]2c2ccc(cc2)CC/C(=C(\C)CO)C(=O)O[C@@H]1[C@](C)([C@@H]1CCCC2(CCCC2)C1)O3. The lowest BCUT2D eigenvalue weighted by Gasteiger charge is -2.52. The van der Waals surface area contributed by atoms with Gasteiger partial charge in [-0.25, -0.2) is 9.59 Å². The number of methoxy groups -OCH3 is 1. The van der Waals surface area contributed by atoms with E-state index in [1.54, 1.807) is 19.1 Å². The molecule has 79 heavy (non-hydrogen) atoms. The molecule has 1 spiro atoms. The fourth-order valence-electron chi connectivity index (χ4n) is 15.7. The molecule has 1 aromatic heterocycles. The maximum Gasteiger partial charge on any atom is 0.340 e. The molecule has 3 fully saturated rings. The van der Waals surface area contributed by atoms with E-state index in [9.17, 15) is 20.1 Å². The van der Waals surface area contributed by atoms with Gasteiger partial charge in [-0.2, -0.15) is 0 Å². The average Bonchev–Trinajstić information content (AvgIpc) is 3.93. The van der Waals surface area contributed by atoms with Crippen molar-refractivity contribution in [2.45, 2.75) is 177 Å². The van der Waals surface area contributed by atoms with Crippen molar-refractivity contribution in [3.63, 3.8) is 0 Å². The van der Waals surface area contributed by atoms with E-state index in [0.717, 1.165) is 75.3 Å². The summed E-state index contributed by atoms with van der Waals surface area (Å²) < 4.78 is 33.3. The standard InChI is InChI=1S/C68H80O11/c1-43(40-70)53-25-21-44-19-22-45(23-20-44)54-26-24-47(46-14-12-17-51(37-46)68(33-8-5-9-34-68)50-15-6-4-7-16-50)36-49(54)38-58(72)76-62-60-57(28-27-55-56(41-71)59(65(74)77-61(55)60)48(29-35-69)42-75-3)79-66(2,63(62)78-64(53)73)52-18-13-32-67(39-52)30-10-11-31-67/h4,6-7,12,14-17,19-20,22-24,26-28,37,47-49,52,54,62-63,69-71H,5,8-11,13,18,21,25,29-36,38-42H2,1-3H3/b53-43-/t47-,48-,49-,52-,54+,62-,63+,66+/m1/s1. The van der Waals surface area contributed by atoms with Crippen molar-refractivity contribution in [2.75, 3.05) is 26.9 Å². The van der Waals surface area contributed by atoms with Crippen LogP contribution in [-0.2, 0) is 42.2 Å². The molecule has 0 unspecified atom stereocenters. The number of carbonyl (C=O) groups excluding carboxylic acids is 2. The van der Waals surface area contributed by atoms with E-state index >= 15 is 9.59 Å². The number of esters is 2. The zero-order valence-electron chi connectivity index (χ0n) is 46.5. The van der Waals surface area contributed by atoms with Crippen LogP contribution in [0.25, 0.3) is 11.0 Å². The van der Waals surface area contributed by atoms with Crippen LogP contribution in [0, 0.1) is 17.3 Å². The Morgan fingerprint density at radius 1 is 0.785 bits per heavy atom. The summed E-state index contributed by atoms with van der Waals surface area (Å²) in [6, 6.07) is 32.2. The normalized spacial score (nSPS) is 27.8. The Morgan fingerprint density at radius 2 is 1.53 bits per heavy atom. The number of rotatable bonds is 11. The van der Waals surface area contributed by atoms with Crippen LogP contribution in [0.3, 0.4) is 0 Å². The quantitative estimate of drug-likeness (QED) is 0.0499. The van der Waals surface area contributed by atoms with Gasteiger partial charge in [-0.3, -0.25) is 4.79 Å². The van der Waals surface area contributed by atoms with Crippen LogP contribution in [0.1, 0.15) is 191 Å². The first-order valence-corrected chi connectivity index (χ1v) is 29.6. The molecule has 2 bridgehead atoms. The molecule has 0 radical (unpaired) electrons. The van der Waals surface area contributed by atoms with Gasteiger partial charge in [0.2, 0.25) is 0 Å². The van der Waals surface area contributed by atoms with Crippen molar-refractivity contribution in [3.05, 3.63) is 169 Å². The van der Waals surface area contributed by atoms with Crippen LogP contribution in [0.15, 0.2) is 124 Å². The third kappa shape index (κ3) is 10.6. The fourth-order valence-corrected chi connectivity index (χ4v) is 15.7. The Hall–Kier alpha value is -5.85. The number of allylic oxidation sites excluding steroid dienone is 2. The summed E-state index contributed by atoms with van der Waals surface area (Å²) in [5.41, 5.74) is 5.74. The molecular formula is C68H80O11. The van der Waals surface area contributed by atoms with E-state index in [0.29, 0.717) is 40.7 Å². The maximum absolute atomic E-state index is 15.6. The lowest BCUT2D eigenvalue weighted by molar-refractivity contribution is -0.203. The number of carbonyl (C=O) groups is 2. The number of hydrogen-bond acceptors (Lipinski definition) is 11. The lowest BCUT2D eigenvalue weighted by atomic mass is 9.62. The van der Waals surface area contributed by atoms with E-state index in [2.05, 4.69) is 91.0 Å². The summed E-state index contributed by atoms with van der Waals surface area (Å²) in [7, 11) is 1.52. The minimum absolute atomic E-state index is 0.0161. The zero-order valence-corrected chi connectivity index (χ0v) is 46.5. The summed E-state index contributed by atoms with van der Waals surface area (Å²) in [6.07, 6.45) is 17.8. The van der Waals surface area contributed by atoms with Gasteiger partial charge in [0.05, 0.1) is 25.4 Å². The topological polar surface area (TPSA) is 162 Å². The fraction of sp³-hybridized carbons (Fsp3) is 0.515. The second-order valence-corrected chi connectivity index (χ2v) is 24.5. The van der Waals surface area contributed by atoms with E-state index in [-0.39, 0.29) is 90.3 Å². The molecule has 11 heteroatoms. The highest BCUT2D eigenvalue weighted by atomic mass is 16.6. The predicted octanol–water partition coefficient (Wildman–Crippen LogP) is 12.8. The first-order valence-electron chi connectivity index (χ1n) is 29.6. The second-order valence-electron chi connectivity index (χ2n) is 24.5. The van der Waals surface area contributed by atoms with Gasteiger partial charge in [0, 0.05) is 65.7 Å². The summed E-state index contributed by atoms with van der Waals surface area (Å²) in [5.74, 6) is -1.80. The Kier molecular flexibility index (Phi) is 16.3. The summed E-state index contributed by atoms with van der Waals surface area (Å²) in [6.45, 7) is 2.73. The molecule has 4 aliphatic carbocycles. The van der Waals surface area contributed by atoms with E-state index < -0.39 is 47.9 Å². The third-order valence-corrected chi connectivity index (χ3v) is 20.0. The second kappa shape index (κ2) is 23.3. The minimum atomic E-state index is -1.32. The molecule has 7 aliphatic rings. The van der Waals surface area contributed by atoms with Gasteiger partial charge in [0.15, 0.2) is 12.2 Å². The van der Waals surface area contributed by atoms with Crippen LogP contribution in [0.5, 0.6) is 5.75 Å². The maximum atomic E-state index is 15.6. The van der Waals surface area contributed by atoms with E-state index in [1.807, 2.05) is 6.92 Å². The number of aliphatic hydroxyl groups excluding tert-OH is 3. The van der Waals surface area contributed by atoms with Gasteiger partial charge in [0.25, 0.3) is 0 Å². The molecule has 0 amide bonds. The highest BCUT2D eigenvalue weighted by Crippen LogP contribution is 2.58. The van der Waals surface area contributed by atoms with Crippen LogP contribution in [-0.4, -0.2) is 65.9 Å². The average molecular weight is 1070 g/mol. The molecule has 11 nitrogen and oxygen atoms in total. The number of ether oxygens (including phenoxy) is 4. The molecule has 4 aromatic carbocycles. The van der Waals surface area contributed by atoms with Crippen molar-refractivity contribution in [3.8, 4) is 5.75 Å². The number of benzene rings is 4. The summed E-state index contributed by atoms with van der Waals surface area (Å²) in [4.78, 5) is 45.4. The van der Waals surface area contributed by atoms with Gasteiger partial charge in [-0.1, -0.05) is 130 Å². The third-order valence-electron chi connectivity index (χ3n) is 20.0. The molecule has 5 aromatic rings. The number of hydrogen-bond donors (Lipinski definition) is 3. The predicted molar refractivity (Wildman–Crippen MR) is 304 cm³/mol. The van der Waals surface area contributed by atoms with Crippen LogP contribution < -0.4 is 10.4 Å². The smallest absolute Gasteiger partial charge is 0.340 e. The van der Waals surface area contributed by atoms with Gasteiger partial charge >= 0.3 is 17.6 Å². The largest absolute Gasteiger partial charge is 0.483 e. The van der Waals surface area contributed by atoms with Crippen molar-refractivity contribution < 1.29 is 48.3 Å². The van der Waals surface area contributed by atoms with Crippen LogP contribution in [0.4, 0.5) is 0 Å². The monoisotopic (exact) mass is 1070 g/mol. The van der Waals surface area contributed by atoms with Crippen molar-refractivity contribution in [1.29, 1.82) is 0 Å². The minimum Gasteiger partial charge on any atom is -0.483 e. The van der Waals surface area contributed by atoms with Gasteiger partial charge < -0.3 is 38.7 Å². The lowest BCUT2D eigenvalue weighted by Crippen LogP contribution is -2.59. The molecule has 3 saturated carbocycles. The molecule has 3 N–H and O–H groups in total. The summed E-state index contributed by atoms with van der Waals surface area (Å²) in [5, 5.41) is 32.4. The molecule has 8 atom stereocenters. The molecule has 0 saturated heterocycles. The first-order chi connectivity index (χ1) is 38.4. The Labute approximate surface area is 465 Å². The molecule has 3 aliphatic heterocycles. The Morgan fingerprint density at radius 3 is 2.27 bits per heavy atom. The van der Waals surface area contributed by atoms with Gasteiger partial charge in [-0.05, 0) is 147 Å².